The van der Waals surface area contributed by atoms with Crippen LogP contribution in [0.3, 0.4) is 0 Å². The van der Waals surface area contributed by atoms with Crippen LogP contribution < -0.4 is 0 Å². The molecule has 1 saturated carbocycles. The number of hydrogen-bond donors (Lipinski definition) is 2. The SMILES string of the molecule is CCCCC[C@H](O)C=CC1C[C@H]2CC(S2)[C@@H]1CC=CCCCC(=O)O. The summed E-state index contributed by atoms with van der Waals surface area (Å²) in [5.74, 6) is 0.555. The van der Waals surface area contributed by atoms with Crippen molar-refractivity contribution in [1.29, 1.82) is 0 Å². The molecule has 2 unspecified atom stereocenters. The van der Waals surface area contributed by atoms with Gasteiger partial charge in [-0.2, -0.15) is 11.8 Å². The normalized spacial score (nSPS) is 29.8. The molecule has 5 atom stereocenters. The minimum atomic E-state index is -0.708. The number of aliphatic carboxylic acids is 1. The number of allylic oxidation sites excluding steroid dienone is 3. The van der Waals surface area contributed by atoms with E-state index < -0.39 is 5.97 Å². The molecule has 4 heteroatoms. The molecule has 2 N–H and O–H groups in total. The van der Waals surface area contributed by atoms with Crippen LogP contribution in [0, 0.1) is 11.8 Å². The lowest BCUT2D eigenvalue weighted by Crippen LogP contribution is -2.44. The summed E-state index contributed by atoms with van der Waals surface area (Å²) in [6.07, 6.45) is 18.4. The Balaban J connectivity index is 1.76. The number of carboxylic acids is 1. The first kappa shape index (κ1) is 20.6. The van der Waals surface area contributed by atoms with E-state index in [1.165, 1.54) is 25.7 Å². The molecule has 1 aliphatic carbocycles. The van der Waals surface area contributed by atoms with Gasteiger partial charge in [-0.1, -0.05) is 50.5 Å². The van der Waals surface area contributed by atoms with Gasteiger partial charge < -0.3 is 10.2 Å². The van der Waals surface area contributed by atoms with E-state index >= 15 is 0 Å². The summed E-state index contributed by atoms with van der Waals surface area (Å²) >= 11 is 2.14. The van der Waals surface area contributed by atoms with Gasteiger partial charge in [0, 0.05) is 16.9 Å². The summed E-state index contributed by atoms with van der Waals surface area (Å²) in [5.41, 5.74) is 0. The van der Waals surface area contributed by atoms with E-state index in [0.29, 0.717) is 11.8 Å². The van der Waals surface area contributed by atoms with Crippen molar-refractivity contribution in [3.05, 3.63) is 24.3 Å². The molecule has 2 bridgehead atoms. The Kier molecular flexibility index (Phi) is 9.11. The summed E-state index contributed by atoms with van der Waals surface area (Å²) in [6.45, 7) is 2.19. The fraction of sp³-hybridized carbons (Fsp3) is 0.762. The van der Waals surface area contributed by atoms with Gasteiger partial charge in [-0.3, -0.25) is 4.79 Å². The summed E-state index contributed by atoms with van der Waals surface area (Å²) in [5, 5.41) is 20.4. The van der Waals surface area contributed by atoms with Crippen molar-refractivity contribution in [2.45, 2.75) is 87.7 Å². The van der Waals surface area contributed by atoms with Crippen LogP contribution in [-0.2, 0) is 4.79 Å². The molecule has 3 nitrogen and oxygen atoms in total. The molecule has 25 heavy (non-hydrogen) atoms. The number of aliphatic hydroxyl groups is 1. The molecule has 0 amide bonds. The quantitative estimate of drug-likeness (QED) is 0.368. The van der Waals surface area contributed by atoms with Crippen LogP contribution in [0.15, 0.2) is 24.3 Å². The first-order chi connectivity index (χ1) is 12.1. The van der Waals surface area contributed by atoms with Crippen LogP contribution in [0.5, 0.6) is 0 Å². The van der Waals surface area contributed by atoms with Crippen molar-refractivity contribution < 1.29 is 15.0 Å². The maximum absolute atomic E-state index is 10.5. The predicted molar refractivity (Wildman–Crippen MR) is 106 cm³/mol. The topological polar surface area (TPSA) is 57.5 Å². The van der Waals surface area contributed by atoms with Crippen LogP contribution in [0.25, 0.3) is 0 Å². The van der Waals surface area contributed by atoms with Crippen LogP contribution >= 0.6 is 11.8 Å². The summed E-state index contributed by atoms with van der Waals surface area (Å²) in [7, 11) is 0. The molecule has 2 heterocycles. The number of aliphatic hydroxyl groups excluding tert-OH is 1. The molecule has 0 aromatic rings. The number of unbranched alkanes of at least 4 members (excludes halogenated alkanes) is 3. The zero-order valence-electron chi connectivity index (χ0n) is 15.5. The minimum absolute atomic E-state index is 0.259. The van der Waals surface area contributed by atoms with Gasteiger partial charge in [0.15, 0.2) is 0 Å². The number of thioether (sulfide) groups is 1. The molecule has 0 spiro atoms. The van der Waals surface area contributed by atoms with Gasteiger partial charge >= 0.3 is 5.97 Å². The van der Waals surface area contributed by atoms with E-state index in [4.69, 9.17) is 5.11 Å². The van der Waals surface area contributed by atoms with Gasteiger partial charge in [0.1, 0.15) is 0 Å². The van der Waals surface area contributed by atoms with Gasteiger partial charge in [0.05, 0.1) is 6.10 Å². The lowest BCUT2D eigenvalue weighted by Gasteiger charge is -2.49. The van der Waals surface area contributed by atoms with Crippen molar-refractivity contribution in [2.75, 3.05) is 0 Å². The molecular formula is C21H34O3S. The number of fused-ring (bicyclic) bond motifs is 2. The van der Waals surface area contributed by atoms with Crippen LogP contribution in [-0.4, -0.2) is 32.8 Å². The Hall–Kier alpha value is -0.740. The third-order valence-electron chi connectivity index (χ3n) is 5.45. The Morgan fingerprint density at radius 3 is 2.76 bits per heavy atom. The number of rotatable bonds is 12. The van der Waals surface area contributed by atoms with Crippen LogP contribution in [0.4, 0.5) is 0 Å². The van der Waals surface area contributed by atoms with Crippen molar-refractivity contribution in [3.63, 3.8) is 0 Å². The van der Waals surface area contributed by atoms with Gasteiger partial charge in [-0.05, 0) is 50.4 Å². The zero-order valence-corrected chi connectivity index (χ0v) is 16.3. The van der Waals surface area contributed by atoms with Crippen molar-refractivity contribution in [2.24, 2.45) is 11.8 Å². The Morgan fingerprint density at radius 1 is 1.24 bits per heavy atom. The molecular weight excluding hydrogens is 332 g/mol. The fourth-order valence-corrected chi connectivity index (χ4v) is 5.58. The average molecular weight is 367 g/mol. The van der Waals surface area contributed by atoms with Gasteiger partial charge in [-0.25, -0.2) is 0 Å². The van der Waals surface area contributed by atoms with E-state index in [9.17, 15) is 9.90 Å². The van der Waals surface area contributed by atoms with Gasteiger partial charge in [0.25, 0.3) is 0 Å². The third-order valence-corrected chi connectivity index (χ3v) is 7.11. The van der Waals surface area contributed by atoms with E-state index in [2.05, 4.69) is 36.9 Å². The monoisotopic (exact) mass is 366 g/mol. The highest BCUT2D eigenvalue weighted by molar-refractivity contribution is 8.01. The largest absolute Gasteiger partial charge is 0.481 e. The summed E-state index contributed by atoms with van der Waals surface area (Å²) < 4.78 is 0. The Labute approximate surface area is 157 Å². The smallest absolute Gasteiger partial charge is 0.303 e. The average Bonchev–Trinajstić information content (AvgIpc) is 2.55. The molecule has 2 saturated heterocycles. The van der Waals surface area contributed by atoms with E-state index in [1.54, 1.807) is 0 Å². The molecule has 0 aromatic heterocycles. The first-order valence-electron chi connectivity index (χ1n) is 9.98. The van der Waals surface area contributed by atoms with E-state index in [1.807, 2.05) is 6.08 Å². The van der Waals surface area contributed by atoms with E-state index in [-0.39, 0.29) is 12.5 Å². The molecule has 3 fully saturated rings. The van der Waals surface area contributed by atoms with Gasteiger partial charge in [0.2, 0.25) is 0 Å². The van der Waals surface area contributed by atoms with Crippen LogP contribution in [0.1, 0.15) is 71.1 Å². The van der Waals surface area contributed by atoms with E-state index in [0.717, 1.165) is 42.6 Å². The maximum atomic E-state index is 10.5. The Morgan fingerprint density at radius 2 is 2.04 bits per heavy atom. The Bertz CT molecular complexity index is 454. The van der Waals surface area contributed by atoms with Gasteiger partial charge in [-0.15, -0.1) is 0 Å². The molecule has 2 aliphatic heterocycles. The number of hydrogen-bond acceptors (Lipinski definition) is 3. The highest BCUT2D eigenvalue weighted by Gasteiger charge is 2.44. The highest BCUT2D eigenvalue weighted by atomic mass is 32.2. The van der Waals surface area contributed by atoms with Crippen molar-refractivity contribution in [3.8, 4) is 0 Å². The lowest BCUT2D eigenvalue weighted by atomic mass is 9.75. The van der Waals surface area contributed by atoms with Crippen molar-refractivity contribution in [1.82, 2.24) is 0 Å². The van der Waals surface area contributed by atoms with Crippen LogP contribution in [0.2, 0.25) is 0 Å². The predicted octanol–water partition coefficient (Wildman–Crippen LogP) is 5.20. The summed E-state index contributed by atoms with van der Waals surface area (Å²) in [4.78, 5) is 10.5. The lowest BCUT2D eigenvalue weighted by molar-refractivity contribution is -0.137. The molecule has 142 valence electrons. The highest BCUT2D eigenvalue weighted by Crippen LogP contribution is 2.54. The molecule has 3 rings (SSSR count). The molecule has 3 aliphatic rings. The maximum Gasteiger partial charge on any atom is 0.303 e. The third kappa shape index (κ3) is 7.18. The van der Waals surface area contributed by atoms with Crippen molar-refractivity contribution >= 4 is 17.7 Å². The second-order valence-corrected chi connectivity index (χ2v) is 9.08. The molecule has 0 radical (unpaired) electrons. The second-order valence-electron chi connectivity index (χ2n) is 7.54. The first-order valence-corrected chi connectivity index (χ1v) is 10.9. The summed E-state index contributed by atoms with van der Waals surface area (Å²) in [6, 6.07) is 0. The number of carboxylic acid groups (broad SMARTS) is 1. The standard InChI is InChI=1S/C21H34O3S/c1-2-3-6-9-17(22)13-12-16-14-18-15-20(25-18)19(16)10-7-4-5-8-11-21(23)24/h4,7,12-13,16-20,22H,2-3,5-6,8-11,14-15H2,1H3,(H,23,24)/t16?,17-,18-,19+,20?/m0/s1. The number of carbonyl (C=O) groups is 1. The fourth-order valence-electron chi connectivity index (χ4n) is 3.94. The second kappa shape index (κ2) is 11.1. The molecule has 0 aromatic carbocycles. The zero-order chi connectivity index (χ0) is 18.1. The minimum Gasteiger partial charge on any atom is -0.481 e.